The molecule has 4 aromatic rings. The lowest BCUT2D eigenvalue weighted by molar-refractivity contribution is 0.421. The van der Waals surface area contributed by atoms with Gasteiger partial charge >= 0.3 is 0 Å². The van der Waals surface area contributed by atoms with E-state index in [0.717, 1.165) is 66.8 Å². The van der Waals surface area contributed by atoms with E-state index < -0.39 is 0 Å². The number of aromatic hydroxyl groups is 4. The van der Waals surface area contributed by atoms with Gasteiger partial charge in [0.25, 0.3) is 0 Å². The van der Waals surface area contributed by atoms with Gasteiger partial charge < -0.3 is 20.4 Å². The quantitative estimate of drug-likeness (QED) is 0.163. The van der Waals surface area contributed by atoms with Gasteiger partial charge in [0, 0.05) is 11.8 Å². The minimum atomic E-state index is -0.370. The van der Waals surface area contributed by atoms with Crippen molar-refractivity contribution in [3.05, 3.63) is 115 Å². The number of benzene rings is 4. The van der Waals surface area contributed by atoms with Gasteiger partial charge in [0.15, 0.2) is 0 Å². The molecule has 0 spiro atoms. The number of hydrogen-bond donors (Lipinski definition) is 4. The molecular weight excluding hydrogens is 689 g/mol. The predicted octanol–water partition coefficient (Wildman–Crippen LogP) is 13.9. The first-order chi connectivity index (χ1) is 25.1. The second-order valence-electron chi connectivity index (χ2n) is 22.9. The first-order valence-corrected chi connectivity index (χ1v) is 20.5. The zero-order valence-corrected chi connectivity index (χ0v) is 38.6. The molecule has 4 nitrogen and oxygen atoms in total. The van der Waals surface area contributed by atoms with Crippen molar-refractivity contribution in [1.29, 1.82) is 0 Å². The lowest BCUT2D eigenvalue weighted by Crippen LogP contribution is -2.24. The topological polar surface area (TPSA) is 80.9 Å². The molecule has 306 valence electrons. The Hall–Kier alpha value is -3.92. The fourth-order valence-electron chi connectivity index (χ4n) is 8.23. The summed E-state index contributed by atoms with van der Waals surface area (Å²) in [7, 11) is 0. The molecular formula is C52H74O4. The van der Waals surface area contributed by atoms with Gasteiger partial charge in [0.1, 0.15) is 23.0 Å². The Morgan fingerprint density at radius 1 is 0.286 bits per heavy atom. The molecule has 4 heteroatoms. The van der Waals surface area contributed by atoms with Crippen molar-refractivity contribution in [3.63, 3.8) is 0 Å². The van der Waals surface area contributed by atoms with Crippen LogP contribution in [0.1, 0.15) is 203 Å². The smallest absolute Gasteiger partial charge is 0.123 e. The molecule has 0 radical (unpaired) electrons. The normalized spacial score (nSPS) is 13.6. The molecule has 0 bridgehead atoms. The number of phenolic OH excluding ortho intramolecular Hbond substituents is 4. The van der Waals surface area contributed by atoms with Gasteiger partial charge in [-0.05, 0) is 113 Å². The highest BCUT2D eigenvalue weighted by molar-refractivity contribution is 5.60. The zero-order chi connectivity index (χ0) is 43.0. The van der Waals surface area contributed by atoms with Gasteiger partial charge in [-0.25, -0.2) is 0 Å². The van der Waals surface area contributed by atoms with Crippen molar-refractivity contribution in [2.75, 3.05) is 0 Å². The maximum Gasteiger partial charge on any atom is 0.123 e. The van der Waals surface area contributed by atoms with Gasteiger partial charge in [-0.3, -0.25) is 0 Å². The van der Waals surface area contributed by atoms with Gasteiger partial charge in [0.05, 0.1) is 0 Å². The Bertz CT molecular complexity index is 1880. The van der Waals surface area contributed by atoms with Crippen LogP contribution in [0.2, 0.25) is 0 Å². The SMILES string of the molecule is Cc1cc(C(c2cc(C)c(O)c(C(C)(C)C)c2)C(c2cc(C(C)(C)C)c(O)c(C(C)(C)C)c2)c2cc(C(C)(C)C)c(O)c(C(C)(C)C)c2)cc(C(C)(C)C)c1O. The molecule has 4 rings (SSSR count). The van der Waals surface area contributed by atoms with Crippen LogP contribution in [-0.4, -0.2) is 20.4 Å². The van der Waals surface area contributed by atoms with Gasteiger partial charge in [-0.2, -0.15) is 0 Å². The number of phenols is 4. The summed E-state index contributed by atoms with van der Waals surface area (Å²) in [6, 6.07) is 17.5. The first-order valence-electron chi connectivity index (χ1n) is 20.5. The minimum absolute atomic E-state index is 0.304. The molecule has 4 N–H and O–H groups in total. The molecule has 0 unspecified atom stereocenters. The van der Waals surface area contributed by atoms with Crippen molar-refractivity contribution in [3.8, 4) is 23.0 Å². The Balaban J connectivity index is 2.43. The van der Waals surface area contributed by atoms with Crippen molar-refractivity contribution < 1.29 is 20.4 Å². The fraction of sp³-hybridized carbons (Fsp3) is 0.538. The third kappa shape index (κ3) is 8.95. The molecule has 0 aliphatic rings. The third-order valence-electron chi connectivity index (χ3n) is 11.5. The van der Waals surface area contributed by atoms with Crippen molar-refractivity contribution in [2.45, 2.75) is 183 Å². The Labute approximate surface area is 340 Å². The van der Waals surface area contributed by atoms with E-state index in [0.29, 0.717) is 23.0 Å². The highest BCUT2D eigenvalue weighted by atomic mass is 16.3. The van der Waals surface area contributed by atoms with Crippen LogP contribution in [0.5, 0.6) is 23.0 Å². The highest BCUT2D eigenvalue weighted by Crippen LogP contribution is 2.52. The summed E-state index contributed by atoms with van der Waals surface area (Å²) in [6.07, 6.45) is 0. The average Bonchev–Trinajstić information content (AvgIpc) is 2.99. The standard InChI is InChI=1S/C52H74O4/c1-29-21-31(23-35(43(29)53)47(3,4)5)41(32-22-30(2)44(54)36(24-32)48(6,7)8)42(33-25-37(49(9,10)11)45(55)38(26-33)50(12,13)14)34-27-39(51(15,16)17)46(56)40(28-34)52(18,19)20/h21-28,41-42,53-56H,1-20H3. The lowest BCUT2D eigenvalue weighted by atomic mass is 9.67. The van der Waals surface area contributed by atoms with E-state index in [4.69, 9.17) is 0 Å². The number of aryl methyl sites for hydroxylation is 2. The van der Waals surface area contributed by atoms with Gasteiger partial charge in [-0.15, -0.1) is 0 Å². The van der Waals surface area contributed by atoms with Crippen LogP contribution in [-0.2, 0) is 32.5 Å². The molecule has 4 aromatic carbocycles. The van der Waals surface area contributed by atoms with Crippen LogP contribution in [0.25, 0.3) is 0 Å². The Morgan fingerprint density at radius 3 is 0.625 bits per heavy atom. The van der Waals surface area contributed by atoms with E-state index in [9.17, 15) is 20.4 Å². The summed E-state index contributed by atoms with van der Waals surface area (Å²) in [5.74, 6) is 0.620. The maximum atomic E-state index is 12.0. The van der Waals surface area contributed by atoms with Crippen LogP contribution >= 0.6 is 0 Å². The van der Waals surface area contributed by atoms with Crippen LogP contribution in [0.4, 0.5) is 0 Å². The first kappa shape index (κ1) is 44.8. The van der Waals surface area contributed by atoms with Crippen LogP contribution in [0.3, 0.4) is 0 Å². The maximum absolute atomic E-state index is 12.0. The summed E-state index contributed by atoms with van der Waals surface area (Å²) in [6.45, 7) is 42.6. The predicted molar refractivity (Wildman–Crippen MR) is 238 cm³/mol. The summed E-state index contributed by atoms with van der Waals surface area (Å²) in [5.41, 5.74) is 8.89. The second-order valence-corrected chi connectivity index (χ2v) is 22.9. The molecule has 0 fully saturated rings. The molecule has 0 aromatic heterocycles. The van der Waals surface area contributed by atoms with Crippen molar-refractivity contribution in [1.82, 2.24) is 0 Å². The fourth-order valence-corrected chi connectivity index (χ4v) is 8.23. The number of hydrogen-bond acceptors (Lipinski definition) is 4. The molecule has 0 saturated heterocycles. The average molecular weight is 763 g/mol. The largest absolute Gasteiger partial charge is 0.507 e. The summed E-state index contributed by atoms with van der Waals surface area (Å²) in [4.78, 5) is 0. The van der Waals surface area contributed by atoms with Gasteiger partial charge in [0.2, 0.25) is 0 Å². The summed E-state index contributed by atoms with van der Waals surface area (Å²) < 4.78 is 0. The van der Waals surface area contributed by atoms with Crippen LogP contribution < -0.4 is 0 Å². The molecule has 0 heterocycles. The second kappa shape index (κ2) is 14.5. The Morgan fingerprint density at radius 2 is 0.446 bits per heavy atom. The molecule has 0 amide bonds. The van der Waals surface area contributed by atoms with Crippen LogP contribution in [0.15, 0.2) is 48.5 Å². The Kier molecular flexibility index (Phi) is 11.6. The van der Waals surface area contributed by atoms with E-state index in [1.165, 1.54) is 0 Å². The van der Waals surface area contributed by atoms with E-state index in [1.807, 2.05) is 13.8 Å². The van der Waals surface area contributed by atoms with Crippen LogP contribution in [0, 0.1) is 13.8 Å². The minimum Gasteiger partial charge on any atom is -0.507 e. The molecule has 0 atom stereocenters. The summed E-state index contributed by atoms with van der Waals surface area (Å²) in [5, 5.41) is 47.3. The molecule has 0 aliphatic carbocycles. The highest BCUT2D eigenvalue weighted by Gasteiger charge is 2.38. The third-order valence-corrected chi connectivity index (χ3v) is 11.5. The van der Waals surface area contributed by atoms with E-state index in [-0.39, 0.29) is 44.3 Å². The van der Waals surface area contributed by atoms with E-state index in [1.54, 1.807) is 0 Å². The van der Waals surface area contributed by atoms with E-state index in [2.05, 4.69) is 173 Å². The molecule has 0 aliphatic heterocycles. The monoisotopic (exact) mass is 763 g/mol. The lowest BCUT2D eigenvalue weighted by Gasteiger charge is -2.37. The molecule has 56 heavy (non-hydrogen) atoms. The zero-order valence-electron chi connectivity index (χ0n) is 38.6. The van der Waals surface area contributed by atoms with Crippen molar-refractivity contribution >= 4 is 0 Å². The van der Waals surface area contributed by atoms with Crippen molar-refractivity contribution in [2.24, 2.45) is 0 Å². The number of rotatable bonds is 5. The molecule has 0 saturated carbocycles. The van der Waals surface area contributed by atoms with Gasteiger partial charge in [-0.1, -0.05) is 173 Å². The van der Waals surface area contributed by atoms with E-state index >= 15 is 0 Å². The summed E-state index contributed by atoms with van der Waals surface area (Å²) >= 11 is 0.